The zero-order chi connectivity index (χ0) is 13.6. The molecule has 0 saturated carbocycles. The summed E-state index contributed by atoms with van der Waals surface area (Å²) < 4.78 is 5.95. The standard InChI is InChI=1S/C16H25BrO/c1-5-16(6-2,11-17)12-18-15-9-7-14(8-10-15)13(3)4/h7-10,13H,5-6,11-12H2,1-4H3. The van der Waals surface area contributed by atoms with E-state index >= 15 is 0 Å². The Labute approximate surface area is 120 Å². The van der Waals surface area contributed by atoms with Gasteiger partial charge in [-0.2, -0.15) is 0 Å². The van der Waals surface area contributed by atoms with E-state index in [0.717, 1.165) is 30.5 Å². The van der Waals surface area contributed by atoms with E-state index in [1.165, 1.54) is 5.56 Å². The third kappa shape index (κ3) is 4.01. The number of alkyl halides is 1. The predicted molar refractivity (Wildman–Crippen MR) is 82.8 cm³/mol. The van der Waals surface area contributed by atoms with Gasteiger partial charge in [0.2, 0.25) is 0 Å². The number of hydrogen-bond acceptors (Lipinski definition) is 1. The first-order valence-corrected chi connectivity index (χ1v) is 7.97. The van der Waals surface area contributed by atoms with Crippen molar-refractivity contribution in [3.8, 4) is 5.75 Å². The van der Waals surface area contributed by atoms with Gasteiger partial charge in [-0.1, -0.05) is 55.8 Å². The number of benzene rings is 1. The van der Waals surface area contributed by atoms with Crippen LogP contribution in [0, 0.1) is 5.41 Å². The molecule has 18 heavy (non-hydrogen) atoms. The van der Waals surface area contributed by atoms with E-state index in [4.69, 9.17) is 4.74 Å². The molecule has 1 aromatic rings. The molecule has 1 aromatic carbocycles. The molecular formula is C16H25BrO. The van der Waals surface area contributed by atoms with Crippen molar-refractivity contribution in [2.45, 2.75) is 46.5 Å². The van der Waals surface area contributed by atoms with Crippen molar-refractivity contribution in [1.29, 1.82) is 0 Å². The van der Waals surface area contributed by atoms with Crippen LogP contribution in [0.25, 0.3) is 0 Å². The molecule has 1 nitrogen and oxygen atoms in total. The van der Waals surface area contributed by atoms with Crippen molar-refractivity contribution >= 4 is 15.9 Å². The summed E-state index contributed by atoms with van der Waals surface area (Å²) in [4.78, 5) is 0. The van der Waals surface area contributed by atoms with Crippen LogP contribution in [-0.4, -0.2) is 11.9 Å². The molecule has 102 valence electrons. The van der Waals surface area contributed by atoms with Crippen LogP contribution in [0.3, 0.4) is 0 Å². The lowest BCUT2D eigenvalue weighted by molar-refractivity contribution is 0.158. The first kappa shape index (κ1) is 15.6. The third-order valence-electron chi connectivity index (χ3n) is 3.88. The Hall–Kier alpha value is -0.500. The second-order valence-corrected chi connectivity index (χ2v) is 5.91. The van der Waals surface area contributed by atoms with E-state index in [9.17, 15) is 0 Å². The topological polar surface area (TPSA) is 9.23 Å². The smallest absolute Gasteiger partial charge is 0.119 e. The van der Waals surface area contributed by atoms with Gasteiger partial charge in [-0.05, 0) is 36.5 Å². The van der Waals surface area contributed by atoms with Gasteiger partial charge in [0.25, 0.3) is 0 Å². The lowest BCUT2D eigenvalue weighted by atomic mass is 9.86. The second kappa shape index (κ2) is 7.18. The van der Waals surface area contributed by atoms with Crippen molar-refractivity contribution in [3.63, 3.8) is 0 Å². The van der Waals surface area contributed by atoms with E-state index in [-0.39, 0.29) is 5.41 Å². The Morgan fingerprint density at radius 3 is 2.06 bits per heavy atom. The maximum absolute atomic E-state index is 5.95. The van der Waals surface area contributed by atoms with Crippen LogP contribution in [0.15, 0.2) is 24.3 Å². The van der Waals surface area contributed by atoms with Crippen LogP contribution < -0.4 is 4.74 Å². The fourth-order valence-corrected chi connectivity index (χ4v) is 2.82. The summed E-state index contributed by atoms with van der Waals surface area (Å²) in [6.45, 7) is 9.66. The lowest BCUT2D eigenvalue weighted by Gasteiger charge is -2.29. The molecule has 2 heteroatoms. The van der Waals surface area contributed by atoms with E-state index in [0.29, 0.717) is 5.92 Å². The Balaban J connectivity index is 2.62. The third-order valence-corrected chi connectivity index (χ3v) is 5.06. The fraction of sp³-hybridized carbons (Fsp3) is 0.625. The molecule has 0 atom stereocenters. The average Bonchev–Trinajstić information content (AvgIpc) is 2.41. The summed E-state index contributed by atoms with van der Waals surface area (Å²) >= 11 is 3.62. The molecule has 0 heterocycles. The van der Waals surface area contributed by atoms with Gasteiger partial charge in [-0.25, -0.2) is 0 Å². The van der Waals surface area contributed by atoms with Gasteiger partial charge < -0.3 is 4.74 Å². The second-order valence-electron chi connectivity index (χ2n) is 5.35. The molecule has 0 saturated heterocycles. The summed E-state index contributed by atoms with van der Waals surface area (Å²) in [5, 5.41) is 0.997. The summed E-state index contributed by atoms with van der Waals surface area (Å²) in [6.07, 6.45) is 2.28. The molecule has 0 aliphatic carbocycles. The normalized spacial score (nSPS) is 11.9. The molecule has 0 fully saturated rings. The Morgan fingerprint density at radius 1 is 1.11 bits per heavy atom. The zero-order valence-corrected chi connectivity index (χ0v) is 13.6. The van der Waals surface area contributed by atoms with E-state index < -0.39 is 0 Å². The number of hydrogen-bond donors (Lipinski definition) is 0. The highest BCUT2D eigenvalue weighted by Gasteiger charge is 2.25. The maximum Gasteiger partial charge on any atom is 0.119 e. The van der Waals surface area contributed by atoms with Crippen molar-refractivity contribution in [2.24, 2.45) is 5.41 Å². The van der Waals surface area contributed by atoms with Crippen LogP contribution in [-0.2, 0) is 0 Å². The molecular weight excluding hydrogens is 288 g/mol. The van der Waals surface area contributed by atoms with Gasteiger partial charge in [0.15, 0.2) is 0 Å². The summed E-state index contributed by atoms with van der Waals surface area (Å²) in [5.74, 6) is 1.55. The minimum atomic E-state index is 0.261. The molecule has 1 rings (SSSR count). The molecule has 0 unspecified atom stereocenters. The summed E-state index contributed by atoms with van der Waals surface area (Å²) in [6, 6.07) is 8.49. The zero-order valence-electron chi connectivity index (χ0n) is 12.0. The highest BCUT2D eigenvalue weighted by atomic mass is 79.9. The lowest BCUT2D eigenvalue weighted by Crippen LogP contribution is -2.28. The Morgan fingerprint density at radius 2 is 1.67 bits per heavy atom. The average molecular weight is 313 g/mol. The quantitative estimate of drug-likeness (QED) is 0.613. The fourth-order valence-electron chi connectivity index (χ4n) is 1.87. The van der Waals surface area contributed by atoms with Gasteiger partial charge in [-0.15, -0.1) is 0 Å². The maximum atomic E-state index is 5.95. The molecule has 0 bridgehead atoms. The van der Waals surface area contributed by atoms with E-state index in [1.807, 2.05) is 0 Å². The predicted octanol–water partition coefficient (Wildman–Crippen LogP) is 5.39. The summed E-state index contributed by atoms with van der Waals surface area (Å²) in [7, 11) is 0. The van der Waals surface area contributed by atoms with Crippen LogP contribution in [0.2, 0.25) is 0 Å². The number of ether oxygens (including phenoxy) is 1. The van der Waals surface area contributed by atoms with Gasteiger partial charge >= 0.3 is 0 Å². The van der Waals surface area contributed by atoms with Crippen LogP contribution in [0.1, 0.15) is 52.0 Å². The van der Waals surface area contributed by atoms with Crippen LogP contribution in [0.4, 0.5) is 0 Å². The highest BCUT2D eigenvalue weighted by molar-refractivity contribution is 9.09. The van der Waals surface area contributed by atoms with Crippen molar-refractivity contribution in [2.75, 3.05) is 11.9 Å². The van der Waals surface area contributed by atoms with Gasteiger partial charge in [-0.3, -0.25) is 0 Å². The van der Waals surface area contributed by atoms with Gasteiger partial charge in [0, 0.05) is 10.7 Å². The molecule has 0 spiro atoms. The molecule has 0 amide bonds. The minimum Gasteiger partial charge on any atom is -0.493 e. The molecule has 0 aliphatic rings. The molecule has 0 aliphatic heterocycles. The monoisotopic (exact) mass is 312 g/mol. The highest BCUT2D eigenvalue weighted by Crippen LogP contribution is 2.30. The van der Waals surface area contributed by atoms with Crippen LogP contribution >= 0.6 is 15.9 Å². The van der Waals surface area contributed by atoms with Crippen molar-refractivity contribution in [3.05, 3.63) is 29.8 Å². The first-order chi connectivity index (χ1) is 8.56. The van der Waals surface area contributed by atoms with E-state index in [1.54, 1.807) is 0 Å². The number of rotatable bonds is 7. The first-order valence-electron chi connectivity index (χ1n) is 6.85. The molecule has 0 aromatic heterocycles. The molecule has 0 radical (unpaired) electrons. The Bertz CT molecular complexity index is 330. The van der Waals surface area contributed by atoms with Crippen molar-refractivity contribution < 1.29 is 4.74 Å². The summed E-state index contributed by atoms with van der Waals surface area (Å²) in [5.41, 5.74) is 1.62. The van der Waals surface area contributed by atoms with E-state index in [2.05, 4.69) is 67.9 Å². The molecule has 0 N–H and O–H groups in total. The minimum absolute atomic E-state index is 0.261. The van der Waals surface area contributed by atoms with Crippen LogP contribution in [0.5, 0.6) is 5.75 Å². The van der Waals surface area contributed by atoms with Gasteiger partial charge in [0.05, 0.1) is 6.61 Å². The van der Waals surface area contributed by atoms with Gasteiger partial charge in [0.1, 0.15) is 5.75 Å². The van der Waals surface area contributed by atoms with Crippen molar-refractivity contribution in [1.82, 2.24) is 0 Å². The number of halogens is 1. The largest absolute Gasteiger partial charge is 0.493 e. The SMILES string of the molecule is CCC(CC)(CBr)COc1ccc(C(C)C)cc1. The Kier molecular flexibility index (Phi) is 6.20.